The lowest BCUT2D eigenvalue weighted by molar-refractivity contribution is -0.384. The molecule has 4 aromatic rings. The molecule has 40 heavy (non-hydrogen) atoms. The Labute approximate surface area is 244 Å². The third kappa shape index (κ3) is 4.55. The number of H-pyrrole nitrogens is 1. The molecule has 3 atom stereocenters. The standard InChI is InChI=1S/C28H20BrN3O6S2/c1-14-4-2-3-5-15(14)13-38-20-11-6-16(29)12-19(20)21-22-24(39-25-23(21)40-28(35)30-25)27(34)31(26(22)33)17-7-9-18(10-8-17)32(36)37/h2-12,21-22,24H,13H2,1H3,(H,30,35). The molecule has 202 valence electrons. The van der Waals surface area contributed by atoms with Gasteiger partial charge in [-0.05, 0) is 48.4 Å². The molecule has 3 heterocycles. The first-order valence-corrected chi connectivity index (χ1v) is 14.7. The number of nitrogens with zero attached hydrogens (tertiary/aromatic N) is 2. The molecule has 1 fully saturated rings. The number of aromatic nitrogens is 1. The molecule has 1 N–H and O–H groups in total. The van der Waals surface area contributed by atoms with Gasteiger partial charge in [0.05, 0.1) is 21.6 Å². The minimum atomic E-state index is -0.818. The van der Waals surface area contributed by atoms with Gasteiger partial charge in [-0.1, -0.05) is 63.3 Å². The maximum Gasteiger partial charge on any atom is 0.305 e. The van der Waals surface area contributed by atoms with Crippen molar-refractivity contribution in [2.75, 3.05) is 4.90 Å². The van der Waals surface area contributed by atoms with E-state index in [4.69, 9.17) is 4.74 Å². The van der Waals surface area contributed by atoms with E-state index in [9.17, 15) is 24.5 Å². The molecule has 0 bridgehead atoms. The third-order valence-corrected chi connectivity index (χ3v) is 9.99. The zero-order valence-corrected chi connectivity index (χ0v) is 24.0. The van der Waals surface area contributed by atoms with Crippen molar-refractivity contribution < 1.29 is 19.2 Å². The number of nitrogens with one attached hydrogen (secondary N) is 1. The van der Waals surface area contributed by atoms with Crippen LogP contribution in [0.4, 0.5) is 11.4 Å². The predicted octanol–water partition coefficient (Wildman–Crippen LogP) is 5.79. The molecule has 2 aliphatic heterocycles. The highest BCUT2D eigenvalue weighted by molar-refractivity contribution is 9.10. The summed E-state index contributed by atoms with van der Waals surface area (Å²) < 4.78 is 7.07. The van der Waals surface area contributed by atoms with Crippen LogP contribution < -0.4 is 14.5 Å². The Bertz CT molecular complexity index is 1730. The Balaban J connectivity index is 1.43. The van der Waals surface area contributed by atoms with Crippen LogP contribution in [0.25, 0.3) is 0 Å². The smallest absolute Gasteiger partial charge is 0.305 e. The van der Waals surface area contributed by atoms with E-state index < -0.39 is 33.8 Å². The van der Waals surface area contributed by atoms with Crippen molar-refractivity contribution in [2.45, 2.75) is 29.7 Å². The Morgan fingerprint density at radius 2 is 1.80 bits per heavy atom. The van der Waals surface area contributed by atoms with Gasteiger partial charge in [0.25, 0.3) is 5.69 Å². The summed E-state index contributed by atoms with van der Waals surface area (Å²) in [5, 5.41) is 10.9. The van der Waals surface area contributed by atoms with E-state index in [1.54, 1.807) is 0 Å². The van der Waals surface area contributed by atoms with Crippen LogP contribution in [0.1, 0.15) is 27.5 Å². The Kier molecular flexibility index (Phi) is 6.85. The molecular weight excluding hydrogens is 618 g/mol. The van der Waals surface area contributed by atoms with Crippen molar-refractivity contribution in [1.29, 1.82) is 0 Å². The molecule has 1 saturated heterocycles. The topological polar surface area (TPSA) is 123 Å². The van der Waals surface area contributed by atoms with Gasteiger partial charge in [-0.3, -0.25) is 24.5 Å². The Morgan fingerprint density at radius 3 is 2.52 bits per heavy atom. The Morgan fingerprint density at radius 1 is 1.05 bits per heavy atom. The predicted molar refractivity (Wildman–Crippen MR) is 155 cm³/mol. The van der Waals surface area contributed by atoms with Crippen molar-refractivity contribution in [3.63, 3.8) is 0 Å². The van der Waals surface area contributed by atoms with Gasteiger partial charge in [-0.15, -0.1) is 0 Å². The number of carbonyl (C=O) groups excluding carboxylic acids is 2. The summed E-state index contributed by atoms with van der Waals surface area (Å²) in [7, 11) is 0. The molecule has 0 spiro atoms. The zero-order chi connectivity index (χ0) is 28.1. The number of thioether (sulfide) groups is 1. The number of nitro groups is 1. The molecule has 9 nitrogen and oxygen atoms in total. The zero-order valence-electron chi connectivity index (χ0n) is 20.8. The molecule has 12 heteroatoms. The number of thiazole rings is 1. The van der Waals surface area contributed by atoms with Crippen LogP contribution in [0.3, 0.4) is 0 Å². The number of aromatic amines is 1. The summed E-state index contributed by atoms with van der Waals surface area (Å²) in [6, 6.07) is 18.7. The van der Waals surface area contributed by atoms with Gasteiger partial charge < -0.3 is 9.72 Å². The van der Waals surface area contributed by atoms with Gasteiger partial charge in [0.1, 0.15) is 17.6 Å². The van der Waals surface area contributed by atoms with Crippen molar-refractivity contribution >= 4 is 62.2 Å². The summed E-state index contributed by atoms with van der Waals surface area (Å²) in [5.41, 5.74) is 2.89. The lowest BCUT2D eigenvalue weighted by Crippen LogP contribution is -2.32. The van der Waals surface area contributed by atoms with E-state index in [0.717, 1.165) is 31.8 Å². The summed E-state index contributed by atoms with van der Waals surface area (Å²) in [6.45, 7) is 2.30. The number of ether oxygens (including phenoxy) is 1. The number of anilines is 1. The molecular formula is C28H20BrN3O6S2. The van der Waals surface area contributed by atoms with Crippen LogP contribution in [0.5, 0.6) is 5.75 Å². The number of non-ortho nitro benzene ring substituents is 1. The summed E-state index contributed by atoms with van der Waals surface area (Å²) >= 11 is 5.73. The quantitative estimate of drug-likeness (QED) is 0.161. The van der Waals surface area contributed by atoms with E-state index in [1.165, 1.54) is 36.0 Å². The first-order valence-electron chi connectivity index (χ1n) is 12.2. The second-order valence-electron chi connectivity index (χ2n) is 9.43. The number of hydrogen-bond donors (Lipinski definition) is 1. The number of rotatable bonds is 6. The fourth-order valence-electron chi connectivity index (χ4n) is 5.15. The first-order chi connectivity index (χ1) is 19.2. The maximum absolute atomic E-state index is 14.0. The number of imide groups is 1. The fraction of sp³-hybridized carbons (Fsp3) is 0.179. The second-order valence-corrected chi connectivity index (χ2v) is 12.5. The van der Waals surface area contributed by atoms with Crippen LogP contribution in [-0.4, -0.2) is 27.0 Å². The average Bonchev–Trinajstić information content (AvgIpc) is 3.43. The highest BCUT2D eigenvalue weighted by Crippen LogP contribution is 2.54. The molecule has 0 radical (unpaired) electrons. The molecule has 0 aliphatic carbocycles. The monoisotopic (exact) mass is 637 g/mol. The lowest BCUT2D eigenvalue weighted by Gasteiger charge is -2.31. The molecule has 3 unspecified atom stereocenters. The summed E-state index contributed by atoms with van der Waals surface area (Å²) in [4.78, 5) is 55.1. The van der Waals surface area contributed by atoms with E-state index >= 15 is 0 Å². The second kappa shape index (κ2) is 10.3. The van der Waals surface area contributed by atoms with Gasteiger partial charge >= 0.3 is 4.87 Å². The molecule has 2 amide bonds. The average molecular weight is 639 g/mol. The van der Waals surface area contributed by atoms with Crippen LogP contribution in [-0.2, 0) is 16.2 Å². The van der Waals surface area contributed by atoms with Crippen LogP contribution in [0, 0.1) is 23.0 Å². The van der Waals surface area contributed by atoms with Crippen molar-refractivity contribution in [2.24, 2.45) is 5.92 Å². The van der Waals surface area contributed by atoms with Crippen LogP contribution in [0.15, 0.2) is 81.0 Å². The number of nitro benzene ring substituents is 1. The first kappa shape index (κ1) is 26.5. The van der Waals surface area contributed by atoms with Gasteiger partial charge in [0.2, 0.25) is 11.8 Å². The third-order valence-electron chi connectivity index (χ3n) is 7.09. The number of amides is 2. The highest BCUT2D eigenvalue weighted by atomic mass is 79.9. The number of carbonyl (C=O) groups is 2. The molecule has 3 aromatic carbocycles. The van der Waals surface area contributed by atoms with Crippen molar-refractivity contribution in [1.82, 2.24) is 4.98 Å². The molecule has 6 rings (SSSR count). The van der Waals surface area contributed by atoms with Gasteiger partial charge in [0, 0.05) is 33.0 Å². The van der Waals surface area contributed by atoms with Crippen molar-refractivity contribution in [3.05, 3.63) is 113 Å². The highest BCUT2D eigenvalue weighted by Gasteiger charge is 2.56. The number of benzene rings is 3. The van der Waals surface area contributed by atoms with Crippen molar-refractivity contribution in [3.8, 4) is 5.75 Å². The maximum atomic E-state index is 14.0. The van der Waals surface area contributed by atoms with E-state index in [2.05, 4.69) is 20.9 Å². The van der Waals surface area contributed by atoms with Gasteiger partial charge in [-0.25, -0.2) is 4.90 Å². The van der Waals surface area contributed by atoms with Crippen LogP contribution >= 0.6 is 39.0 Å². The SMILES string of the molecule is Cc1ccccc1COc1ccc(Br)cc1C1c2sc(=O)[nH]c2SC2C(=O)N(c3ccc([N+](=O)[O-])cc3)C(=O)C21. The largest absolute Gasteiger partial charge is 0.489 e. The van der Waals surface area contributed by atoms with Gasteiger partial charge in [0.15, 0.2) is 0 Å². The lowest BCUT2D eigenvalue weighted by atomic mass is 9.82. The fourth-order valence-corrected chi connectivity index (χ4v) is 8.04. The molecule has 2 aliphatic rings. The van der Waals surface area contributed by atoms with E-state index in [1.807, 2.05) is 49.4 Å². The Hall–Kier alpha value is -3.74. The summed E-state index contributed by atoms with van der Waals surface area (Å²) in [5.74, 6) is -1.77. The number of hydrogen-bond acceptors (Lipinski definition) is 8. The number of fused-ring (bicyclic) bond motifs is 2. The van der Waals surface area contributed by atoms with Gasteiger partial charge in [-0.2, -0.15) is 0 Å². The summed E-state index contributed by atoms with van der Waals surface area (Å²) in [6.07, 6.45) is 0. The van der Waals surface area contributed by atoms with Crippen LogP contribution in [0.2, 0.25) is 0 Å². The molecule has 0 saturated carbocycles. The molecule has 1 aromatic heterocycles. The normalized spacial score (nSPS) is 19.9. The van der Waals surface area contributed by atoms with E-state index in [-0.39, 0.29) is 16.2 Å². The van der Waals surface area contributed by atoms with E-state index in [0.29, 0.717) is 27.8 Å². The minimum Gasteiger partial charge on any atom is -0.489 e. The number of aryl methyl sites for hydroxylation is 1. The number of halogens is 1. The minimum absolute atomic E-state index is 0.142.